The standard InChI is InChI=1S/C6HCl2F4NO/c7-2-1-3(8)13-5(9)4(2)14-6(10,11)12/h1H. The average molecular weight is 250 g/mol. The Morgan fingerprint density at radius 3 is 2.29 bits per heavy atom. The van der Waals surface area contributed by atoms with E-state index in [1.807, 2.05) is 0 Å². The van der Waals surface area contributed by atoms with Gasteiger partial charge in [0.2, 0.25) is 5.75 Å². The molecule has 1 aromatic rings. The second-order valence-corrected chi connectivity index (χ2v) is 2.89. The summed E-state index contributed by atoms with van der Waals surface area (Å²) in [5.74, 6) is -2.71. The van der Waals surface area contributed by atoms with Gasteiger partial charge in [-0.25, -0.2) is 4.98 Å². The maximum atomic E-state index is 12.7. The molecule has 14 heavy (non-hydrogen) atoms. The lowest BCUT2D eigenvalue weighted by atomic mass is 10.4. The Kier molecular flexibility index (Phi) is 3.06. The van der Waals surface area contributed by atoms with E-state index in [0.717, 1.165) is 6.07 Å². The minimum absolute atomic E-state index is 0.359. The first kappa shape index (κ1) is 11.3. The second-order valence-electron chi connectivity index (χ2n) is 2.09. The van der Waals surface area contributed by atoms with Crippen LogP contribution in [0.2, 0.25) is 10.2 Å². The van der Waals surface area contributed by atoms with E-state index in [4.69, 9.17) is 23.2 Å². The molecule has 0 unspecified atom stereocenters. The van der Waals surface area contributed by atoms with Crippen LogP contribution in [0.15, 0.2) is 6.07 Å². The normalized spacial score (nSPS) is 11.6. The van der Waals surface area contributed by atoms with Crippen molar-refractivity contribution in [3.8, 4) is 5.75 Å². The Morgan fingerprint density at radius 2 is 1.86 bits per heavy atom. The van der Waals surface area contributed by atoms with Gasteiger partial charge >= 0.3 is 6.36 Å². The monoisotopic (exact) mass is 249 g/mol. The fraction of sp³-hybridized carbons (Fsp3) is 0.167. The van der Waals surface area contributed by atoms with Crippen LogP contribution in [0, 0.1) is 5.95 Å². The summed E-state index contributed by atoms with van der Waals surface area (Å²) in [7, 11) is 0. The van der Waals surface area contributed by atoms with Crippen molar-refractivity contribution in [2.75, 3.05) is 0 Å². The summed E-state index contributed by atoms with van der Waals surface area (Å²) in [4.78, 5) is 2.91. The van der Waals surface area contributed by atoms with Gasteiger partial charge in [-0.1, -0.05) is 23.2 Å². The quantitative estimate of drug-likeness (QED) is 0.562. The fourth-order valence-electron chi connectivity index (χ4n) is 0.652. The first-order chi connectivity index (χ1) is 6.29. The number of hydrogen-bond acceptors (Lipinski definition) is 2. The molecule has 0 fully saturated rings. The van der Waals surface area contributed by atoms with Gasteiger partial charge in [-0.2, -0.15) is 4.39 Å². The molecule has 0 aliphatic rings. The minimum atomic E-state index is -5.03. The predicted molar refractivity (Wildman–Crippen MR) is 40.9 cm³/mol. The molecule has 2 nitrogen and oxygen atoms in total. The molecule has 0 saturated heterocycles. The lowest BCUT2D eigenvalue weighted by molar-refractivity contribution is -0.275. The Morgan fingerprint density at radius 1 is 1.29 bits per heavy atom. The summed E-state index contributed by atoms with van der Waals surface area (Å²) in [5.41, 5.74) is 0. The van der Waals surface area contributed by atoms with Gasteiger partial charge in [0.15, 0.2) is 0 Å². The highest BCUT2D eigenvalue weighted by atomic mass is 35.5. The second kappa shape index (κ2) is 3.78. The van der Waals surface area contributed by atoms with E-state index in [9.17, 15) is 17.6 Å². The summed E-state index contributed by atoms with van der Waals surface area (Å²) >= 11 is 10.5. The molecule has 78 valence electrons. The number of alkyl halides is 3. The molecule has 1 aromatic heterocycles. The molecule has 8 heteroatoms. The summed E-state index contributed by atoms with van der Waals surface area (Å²) in [6.45, 7) is 0. The van der Waals surface area contributed by atoms with Crippen LogP contribution >= 0.6 is 23.2 Å². The Labute approximate surface area is 85.4 Å². The van der Waals surface area contributed by atoms with Gasteiger partial charge in [-0.15, -0.1) is 13.2 Å². The highest BCUT2D eigenvalue weighted by molar-refractivity contribution is 6.34. The molecule has 0 aromatic carbocycles. The molecule has 0 radical (unpaired) electrons. The zero-order valence-electron chi connectivity index (χ0n) is 6.20. The van der Waals surface area contributed by atoms with Gasteiger partial charge in [0.25, 0.3) is 5.95 Å². The number of hydrogen-bond donors (Lipinski definition) is 0. The number of nitrogens with zero attached hydrogens (tertiary/aromatic N) is 1. The van der Waals surface area contributed by atoms with Gasteiger partial charge in [-0.3, -0.25) is 0 Å². The molecule has 0 bridgehead atoms. The van der Waals surface area contributed by atoms with Crippen molar-refractivity contribution in [2.45, 2.75) is 6.36 Å². The van der Waals surface area contributed by atoms with E-state index >= 15 is 0 Å². The minimum Gasteiger partial charge on any atom is -0.399 e. The third-order valence-electron chi connectivity index (χ3n) is 1.07. The zero-order chi connectivity index (χ0) is 10.9. The molecule has 0 saturated carbocycles. The van der Waals surface area contributed by atoms with Gasteiger partial charge in [0.05, 0.1) is 5.02 Å². The topological polar surface area (TPSA) is 22.1 Å². The maximum absolute atomic E-state index is 12.7. The van der Waals surface area contributed by atoms with Crippen molar-refractivity contribution in [3.05, 3.63) is 22.2 Å². The molecule has 0 atom stereocenters. The molecular formula is C6HCl2F4NO. The van der Waals surface area contributed by atoms with Crippen molar-refractivity contribution >= 4 is 23.2 Å². The Balaban J connectivity index is 3.09. The summed E-state index contributed by atoms with van der Waals surface area (Å²) in [6, 6.07) is 0.841. The van der Waals surface area contributed by atoms with Gasteiger partial charge in [0, 0.05) is 0 Å². The number of ether oxygens (including phenoxy) is 1. The van der Waals surface area contributed by atoms with Crippen molar-refractivity contribution in [2.24, 2.45) is 0 Å². The number of pyridine rings is 1. The molecular weight excluding hydrogens is 249 g/mol. The number of halogens is 6. The summed E-state index contributed by atoms with van der Waals surface area (Å²) in [5, 5.41) is -0.957. The van der Waals surface area contributed by atoms with Gasteiger partial charge < -0.3 is 4.74 Å². The van der Waals surface area contributed by atoms with Crippen LogP contribution in [0.25, 0.3) is 0 Å². The van der Waals surface area contributed by atoms with E-state index < -0.39 is 23.1 Å². The van der Waals surface area contributed by atoms with E-state index in [0.29, 0.717) is 0 Å². The third-order valence-corrected chi connectivity index (χ3v) is 1.55. The van der Waals surface area contributed by atoms with Crippen LogP contribution in [-0.2, 0) is 0 Å². The van der Waals surface area contributed by atoms with E-state index in [1.165, 1.54) is 0 Å². The Bertz CT molecular complexity index is 331. The van der Waals surface area contributed by atoms with Crippen LogP contribution in [0.1, 0.15) is 0 Å². The molecule has 1 heterocycles. The van der Waals surface area contributed by atoms with E-state index in [-0.39, 0.29) is 5.15 Å². The SMILES string of the molecule is Fc1nc(Cl)cc(Cl)c1OC(F)(F)F. The molecule has 1 rings (SSSR count). The number of rotatable bonds is 1. The van der Waals surface area contributed by atoms with Crippen LogP contribution in [0.4, 0.5) is 17.6 Å². The van der Waals surface area contributed by atoms with Gasteiger partial charge in [-0.05, 0) is 6.07 Å². The molecule has 0 N–H and O–H groups in total. The van der Waals surface area contributed by atoms with Crippen LogP contribution in [0.3, 0.4) is 0 Å². The van der Waals surface area contributed by atoms with Crippen LogP contribution in [0.5, 0.6) is 5.75 Å². The molecule has 0 aliphatic heterocycles. The molecule has 0 spiro atoms. The highest BCUT2D eigenvalue weighted by Crippen LogP contribution is 2.33. The summed E-state index contributed by atoms with van der Waals surface area (Å²) in [6.07, 6.45) is -5.03. The Hall–Kier alpha value is -0.750. The third kappa shape index (κ3) is 2.88. The smallest absolute Gasteiger partial charge is 0.399 e. The van der Waals surface area contributed by atoms with Crippen molar-refractivity contribution in [1.82, 2.24) is 4.98 Å². The molecule has 0 aliphatic carbocycles. The zero-order valence-corrected chi connectivity index (χ0v) is 7.71. The lowest BCUT2D eigenvalue weighted by Gasteiger charge is -2.10. The number of aromatic nitrogens is 1. The van der Waals surface area contributed by atoms with Crippen molar-refractivity contribution < 1.29 is 22.3 Å². The lowest BCUT2D eigenvalue weighted by Crippen LogP contribution is -2.18. The van der Waals surface area contributed by atoms with Crippen LogP contribution in [-0.4, -0.2) is 11.3 Å². The van der Waals surface area contributed by atoms with Crippen molar-refractivity contribution in [1.29, 1.82) is 0 Å². The maximum Gasteiger partial charge on any atom is 0.573 e. The van der Waals surface area contributed by atoms with Crippen LogP contribution < -0.4 is 4.74 Å². The first-order valence-corrected chi connectivity index (χ1v) is 3.82. The summed E-state index contributed by atoms with van der Waals surface area (Å²) < 4.78 is 51.1. The largest absolute Gasteiger partial charge is 0.573 e. The average Bonchev–Trinajstić information content (AvgIpc) is 1.95. The molecule has 0 amide bonds. The highest BCUT2D eigenvalue weighted by Gasteiger charge is 2.34. The predicted octanol–water partition coefficient (Wildman–Crippen LogP) is 3.43. The van der Waals surface area contributed by atoms with E-state index in [1.54, 1.807) is 0 Å². The first-order valence-electron chi connectivity index (χ1n) is 3.07. The van der Waals surface area contributed by atoms with Crippen molar-refractivity contribution in [3.63, 3.8) is 0 Å². The van der Waals surface area contributed by atoms with Gasteiger partial charge in [0.1, 0.15) is 5.15 Å². The fourth-order valence-corrected chi connectivity index (χ4v) is 1.11. The van der Waals surface area contributed by atoms with E-state index in [2.05, 4.69) is 9.72 Å².